The van der Waals surface area contributed by atoms with Crippen molar-refractivity contribution in [2.45, 2.75) is 33.1 Å². The second-order valence-corrected chi connectivity index (χ2v) is 5.30. The highest BCUT2D eigenvalue weighted by atomic mass is 16.7. The average molecular weight is 231 g/mol. The van der Waals surface area contributed by atoms with E-state index in [2.05, 4.69) is 25.7 Å². The number of rotatable bonds is 4. The Morgan fingerprint density at radius 1 is 1.06 bits per heavy atom. The monoisotopic (exact) mass is 231 g/mol. The maximum absolute atomic E-state index is 5.44. The number of hydrogen-bond donors (Lipinski definition) is 0. The van der Waals surface area contributed by atoms with E-state index in [9.17, 15) is 0 Å². The van der Waals surface area contributed by atoms with E-state index < -0.39 is 0 Å². The van der Waals surface area contributed by atoms with Crippen LogP contribution in [-0.2, 0) is 14.2 Å². The minimum Gasteiger partial charge on any atom is -0.379 e. The van der Waals surface area contributed by atoms with Gasteiger partial charge in [-0.2, -0.15) is 0 Å². The molecule has 16 heavy (non-hydrogen) atoms. The molecule has 1 rings (SSSR count). The molecule has 1 saturated heterocycles. The molecule has 1 unspecified atom stereocenters. The molecule has 1 atom stereocenters. The molecule has 1 aliphatic heterocycles. The molecule has 0 saturated carbocycles. The number of methoxy groups -OCH3 is 2. The van der Waals surface area contributed by atoms with Crippen molar-refractivity contribution in [2.75, 3.05) is 40.5 Å². The van der Waals surface area contributed by atoms with Gasteiger partial charge in [0.05, 0.1) is 19.3 Å². The van der Waals surface area contributed by atoms with E-state index in [1.165, 1.54) is 0 Å². The predicted octanol–water partition coefficient (Wildman–Crippen LogP) is 1.35. The topological polar surface area (TPSA) is 30.9 Å². The largest absolute Gasteiger partial charge is 0.379 e. The fourth-order valence-corrected chi connectivity index (χ4v) is 2.34. The first kappa shape index (κ1) is 13.9. The third kappa shape index (κ3) is 3.42. The van der Waals surface area contributed by atoms with Crippen LogP contribution in [0.15, 0.2) is 0 Å². The van der Waals surface area contributed by atoms with Crippen LogP contribution in [0.4, 0.5) is 0 Å². The van der Waals surface area contributed by atoms with Crippen molar-refractivity contribution in [1.29, 1.82) is 0 Å². The molecule has 0 spiro atoms. The molecule has 0 aromatic heterocycles. The zero-order chi connectivity index (χ0) is 12.2. The van der Waals surface area contributed by atoms with Gasteiger partial charge in [-0.3, -0.25) is 4.90 Å². The van der Waals surface area contributed by atoms with Crippen molar-refractivity contribution < 1.29 is 14.2 Å². The van der Waals surface area contributed by atoms with Crippen LogP contribution in [0.3, 0.4) is 0 Å². The summed E-state index contributed by atoms with van der Waals surface area (Å²) < 4.78 is 16.3. The van der Waals surface area contributed by atoms with Gasteiger partial charge < -0.3 is 14.2 Å². The molecular formula is C12H25NO3. The first-order chi connectivity index (χ1) is 7.50. The average Bonchev–Trinajstić information content (AvgIpc) is 2.25. The smallest absolute Gasteiger partial charge is 0.172 e. The molecule has 0 aliphatic carbocycles. The summed E-state index contributed by atoms with van der Waals surface area (Å²) in [5.74, 6) is 0. The highest BCUT2D eigenvalue weighted by Gasteiger charge is 2.37. The fourth-order valence-electron chi connectivity index (χ4n) is 2.34. The maximum Gasteiger partial charge on any atom is 0.172 e. The normalized spacial score (nSPS) is 21.4. The molecule has 1 fully saturated rings. The standard InChI is InChI=1S/C12H25NO3/c1-12(2,3)10(11(14-4)15-5)13-6-8-16-9-7-13/h10-11H,6-9H2,1-5H3. The van der Waals surface area contributed by atoms with Gasteiger partial charge in [-0.05, 0) is 5.41 Å². The van der Waals surface area contributed by atoms with Gasteiger partial charge in [0.25, 0.3) is 0 Å². The molecule has 4 heteroatoms. The molecule has 96 valence electrons. The molecule has 1 heterocycles. The van der Waals surface area contributed by atoms with E-state index in [0.29, 0.717) is 0 Å². The third-order valence-electron chi connectivity index (χ3n) is 3.05. The van der Waals surface area contributed by atoms with Gasteiger partial charge >= 0.3 is 0 Å². The molecular weight excluding hydrogens is 206 g/mol. The Balaban J connectivity index is 2.76. The van der Waals surface area contributed by atoms with Crippen LogP contribution in [0, 0.1) is 5.41 Å². The van der Waals surface area contributed by atoms with E-state index in [-0.39, 0.29) is 17.7 Å². The van der Waals surface area contributed by atoms with E-state index >= 15 is 0 Å². The molecule has 1 aliphatic rings. The highest BCUT2D eigenvalue weighted by molar-refractivity contribution is 4.87. The Bertz CT molecular complexity index is 193. The third-order valence-corrected chi connectivity index (χ3v) is 3.05. The second-order valence-electron chi connectivity index (χ2n) is 5.30. The lowest BCUT2D eigenvalue weighted by Crippen LogP contribution is -2.56. The van der Waals surface area contributed by atoms with Gasteiger partial charge in [-0.25, -0.2) is 0 Å². The van der Waals surface area contributed by atoms with Crippen molar-refractivity contribution in [3.63, 3.8) is 0 Å². The lowest BCUT2D eigenvalue weighted by molar-refractivity contribution is -0.179. The minimum absolute atomic E-state index is 0.119. The SMILES string of the molecule is COC(OC)C(N1CCOCC1)C(C)(C)C. The van der Waals surface area contributed by atoms with Gasteiger partial charge in [0.1, 0.15) is 0 Å². The molecule has 0 N–H and O–H groups in total. The summed E-state index contributed by atoms with van der Waals surface area (Å²) in [6.07, 6.45) is -0.182. The Hall–Kier alpha value is -0.160. The van der Waals surface area contributed by atoms with Crippen LogP contribution in [0.5, 0.6) is 0 Å². The lowest BCUT2D eigenvalue weighted by atomic mass is 9.84. The molecule has 0 radical (unpaired) electrons. The van der Waals surface area contributed by atoms with Gasteiger partial charge in [0.15, 0.2) is 6.29 Å². The Labute approximate surface area is 98.8 Å². The van der Waals surface area contributed by atoms with Crippen molar-refractivity contribution >= 4 is 0 Å². The predicted molar refractivity (Wildman–Crippen MR) is 63.4 cm³/mol. The van der Waals surface area contributed by atoms with Crippen molar-refractivity contribution in [3.8, 4) is 0 Å². The summed E-state index contributed by atoms with van der Waals surface area (Å²) in [4.78, 5) is 2.40. The van der Waals surface area contributed by atoms with Crippen LogP contribution < -0.4 is 0 Å². The van der Waals surface area contributed by atoms with Crippen LogP contribution >= 0.6 is 0 Å². The first-order valence-corrected chi connectivity index (χ1v) is 5.88. The van der Waals surface area contributed by atoms with Crippen molar-refractivity contribution in [3.05, 3.63) is 0 Å². The van der Waals surface area contributed by atoms with Crippen LogP contribution in [-0.4, -0.2) is 57.8 Å². The van der Waals surface area contributed by atoms with Gasteiger partial charge in [0.2, 0.25) is 0 Å². The summed E-state index contributed by atoms with van der Waals surface area (Å²) in [5.41, 5.74) is 0.119. The number of morpholine rings is 1. The maximum atomic E-state index is 5.44. The van der Waals surface area contributed by atoms with Crippen LogP contribution in [0.1, 0.15) is 20.8 Å². The summed E-state index contributed by atoms with van der Waals surface area (Å²) in [5, 5.41) is 0. The van der Waals surface area contributed by atoms with E-state index in [4.69, 9.17) is 14.2 Å². The summed E-state index contributed by atoms with van der Waals surface area (Å²) in [6, 6.07) is 0.256. The van der Waals surface area contributed by atoms with E-state index in [1.807, 2.05) is 0 Å². The van der Waals surface area contributed by atoms with Gasteiger partial charge in [-0.15, -0.1) is 0 Å². The minimum atomic E-state index is -0.182. The number of hydrogen-bond acceptors (Lipinski definition) is 4. The zero-order valence-electron chi connectivity index (χ0n) is 11.2. The van der Waals surface area contributed by atoms with E-state index in [0.717, 1.165) is 26.3 Å². The lowest BCUT2D eigenvalue weighted by Gasteiger charge is -2.44. The van der Waals surface area contributed by atoms with Crippen molar-refractivity contribution in [1.82, 2.24) is 4.90 Å². The van der Waals surface area contributed by atoms with Gasteiger partial charge in [0, 0.05) is 27.3 Å². The van der Waals surface area contributed by atoms with Gasteiger partial charge in [-0.1, -0.05) is 20.8 Å². The van der Waals surface area contributed by atoms with Crippen molar-refractivity contribution in [2.24, 2.45) is 5.41 Å². The Morgan fingerprint density at radius 3 is 1.94 bits per heavy atom. The fraction of sp³-hybridized carbons (Fsp3) is 1.00. The summed E-state index contributed by atoms with van der Waals surface area (Å²) in [6.45, 7) is 10.2. The number of nitrogens with zero attached hydrogens (tertiary/aromatic N) is 1. The van der Waals surface area contributed by atoms with Crippen LogP contribution in [0.25, 0.3) is 0 Å². The molecule has 0 aromatic rings. The molecule has 0 bridgehead atoms. The molecule has 4 nitrogen and oxygen atoms in total. The first-order valence-electron chi connectivity index (χ1n) is 5.88. The quantitative estimate of drug-likeness (QED) is 0.683. The summed E-state index contributed by atoms with van der Waals surface area (Å²) >= 11 is 0. The Kier molecular flexibility index (Phi) is 5.18. The second kappa shape index (κ2) is 5.96. The highest BCUT2D eigenvalue weighted by Crippen LogP contribution is 2.29. The zero-order valence-corrected chi connectivity index (χ0v) is 11.2. The number of ether oxygens (including phenoxy) is 3. The van der Waals surface area contributed by atoms with E-state index in [1.54, 1.807) is 14.2 Å². The van der Waals surface area contributed by atoms with Crippen LogP contribution in [0.2, 0.25) is 0 Å². The Morgan fingerprint density at radius 2 is 1.56 bits per heavy atom. The molecule has 0 amide bonds. The summed E-state index contributed by atoms with van der Waals surface area (Å²) in [7, 11) is 3.40. The molecule has 0 aromatic carbocycles.